The third-order valence-corrected chi connectivity index (χ3v) is 3.19. The predicted octanol–water partition coefficient (Wildman–Crippen LogP) is 1.43. The first-order chi connectivity index (χ1) is 7.52. The molecule has 3 heteroatoms. The van der Waals surface area contributed by atoms with Crippen molar-refractivity contribution in [3.63, 3.8) is 0 Å². The molecule has 94 valence electrons. The van der Waals surface area contributed by atoms with Crippen LogP contribution in [0.3, 0.4) is 0 Å². The molecule has 0 aromatic rings. The smallest absolute Gasteiger partial charge is 0.0466 e. The van der Waals surface area contributed by atoms with Gasteiger partial charge in [0.15, 0.2) is 0 Å². The quantitative estimate of drug-likeness (QED) is 0.716. The Morgan fingerprint density at radius 1 is 1.50 bits per heavy atom. The maximum atomic E-state index is 4.03. The average molecular weight is 225 g/mol. The Balaban J connectivity index is 2.28. The van der Waals surface area contributed by atoms with Gasteiger partial charge in [-0.2, -0.15) is 0 Å². The van der Waals surface area contributed by atoms with Crippen LogP contribution in [0.5, 0.6) is 0 Å². The van der Waals surface area contributed by atoms with Crippen LogP contribution in [0, 0.1) is 5.92 Å². The van der Waals surface area contributed by atoms with Gasteiger partial charge >= 0.3 is 0 Å². The Bertz CT molecular complexity index is 225. The summed E-state index contributed by atoms with van der Waals surface area (Å²) in [6.45, 7) is 10.9. The van der Waals surface area contributed by atoms with E-state index in [0.717, 1.165) is 18.2 Å². The molecule has 1 saturated heterocycles. The maximum Gasteiger partial charge on any atom is 0.0466 e. The van der Waals surface area contributed by atoms with Crippen LogP contribution in [0.2, 0.25) is 0 Å². The molecular formula is C13H27N3. The Morgan fingerprint density at radius 2 is 2.19 bits per heavy atom. The SMILES string of the molecule is C=C(NC)C1CCC(CN(C)CC(C)C)N1. The minimum Gasteiger partial charge on any atom is -0.391 e. The second-order valence-electron chi connectivity index (χ2n) is 5.38. The van der Waals surface area contributed by atoms with Gasteiger partial charge in [-0.05, 0) is 25.8 Å². The number of rotatable bonds is 6. The summed E-state index contributed by atoms with van der Waals surface area (Å²) in [5, 5.41) is 6.78. The molecule has 1 fully saturated rings. The van der Waals surface area contributed by atoms with Crippen LogP contribution in [0.25, 0.3) is 0 Å². The van der Waals surface area contributed by atoms with Crippen LogP contribution in [0.1, 0.15) is 26.7 Å². The molecule has 2 N–H and O–H groups in total. The molecule has 3 nitrogen and oxygen atoms in total. The van der Waals surface area contributed by atoms with Crippen molar-refractivity contribution in [3.05, 3.63) is 12.3 Å². The van der Waals surface area contributed by atoms with Gasteiger partial charge in [0.1, 0.15) is 0 Å². The summed E-state index contributed by atoms with van der Waals surface area (Å²) in [6, 6.07) is 1.08. The van der Waals surface area contributed by atoms with Crippen LogP contribution in [0.15, 0.2) is 12.3 Å². The number of hydrogen-bond acceptors (Lipinski definition) is 3. The molecule has 0 radical (unpaired) electrons. The fourth-order valence-electron chi connectivity index (χ4n) is 2.49. The van der Waals surface area contributed by atoms with Gasteiger partial charge in [0.2, 0.25) is 0 Å². The summed E-state index contributed by atoms with van der Waals surface area (Å²) >= 11 is 0. The van der Waals surface area contributed by atoms with Gasteiger partial charge in [-0.1, -0.05) is 20.4 Å². The number of hydrogen-bond donors (Lipinski definition) is 2. The summed E-state index contributed by atoms with van der Waals surface area (Å²) < 4.78 is 0. The lowest BCUT2D eigenvalue weighted by atomic mass is 10.1. The highest BCUT2D eigenvalue weighted by Gasteiger charge is 2.25. The number of likely N-dealkylation sites (N-methyl/N-ethyl adjacent to an activating group) is 2. The molecule has 0 amide bonds. The van der Waals surface area contributed by atoms with Crippen molar-refractivity contribution in [2.45, 2.75) is 38.8 Å². The average Bonchev–Trinajstić information content (AvgIpc) is 2.63. The van der Waals surface area contributed by atoms with Crippen molar-refractivity contribution in [2.75, 3.05) is 27.2 Å². The summed E-state index contributed by atoms with van der Waals surface area (Å²) in [6.07, 6.45) is 2.47. The molecule has 0 bridgehead atoms. The Hall–Kier alpha value is -0.540. The fraction of sp³-hybridized carbons (Fsp3) is 0.846. The van der Waals surface area contributed by atoms with Crippen LogP contribution < -0.4 is 10.6 Å². The lowest BCUT2D eigenvalue weighted by Crippen LogP contribution is -2.41. The fourth-order valence-corrected chi connectivity index (χ4v) is 2.49. The van der Waals surface area contributed by atoms with Gasteiger partial charge in [0, 0.05) is 37.9 Å². The molecule has 1 rings (SSSR count). The molecule has 1 aliphatic heterocycles. The van der Waals surface area contributed by atoms with Gasteiger partial charge < -0.3 is 15.5 Å². The molecule has 0 aromatic carbocycles. The first-order valence-electron chi connectivity index (χ1n) is 6.34. The third-order valence-electron chi connectivity index (χ3n) is 3.19. The lowest BCUT2D eigenvalue weighted by molar-refractivity contribution is 0.268. The van der Waals surface area contributed by atoms with E-state index in [-0.39, 0.29) is 0 Å². The molecule has 2 unspecified atom stereocenters. The highest BCUT2D eigenvalue weighted by Crippen LogP contribution is 2.17. The standard InChI is InChI=1S/C13H27N3/c1-10(2)8-16(5)9-12-6-7-13(15-12)11(3)14-4/h10,12-15H,3,6-9H2,1-2,4-5H3. The normalized spacial score (nSPS) is 25.4. The zero-order valence-corrected chi connectivity index (χ0v) is 11.2. The predicted molar refractivity (Wildman–Crippen MR) is 70.5 cm³/mol. The highest BCUT2D eigenvalue weighted by atomic mass is 15.1. The monoisotopic (exact) mass is 225 g/mol. The molecule has 0 spiro atoms. The minimum absolute atomic E-state index is 0.461. The van der Waals surface area contributed by atoms with E-state index < -0.39 is 0 Å². The molecular weight excluding hydrogens is 198 g/mol. The third kappa shape index (κ3) is 4.14. The van der Waals surface area contributed by atoms with Crippen molar-refractivity contribution >= 4 is 0 Å². The van der Waals surface area contributed by atoms with E-state index in [1.165, 1.54) is 19.4 Å². The van der Waals surface area contributed by atoms with Gasteiger partial charge in [-0.25, -0.2) is 0 Å². The molecule has 0 saturated carbocycles. The van der Waals surface area contributed by atoms with E-state index in [2.05, 4.69) is 43.0 Å². The lowest BCUT2D eigenvalue weighted by Gasteiger charge is -2.23. The van der Waals surface area contributed by atoms with Crippen molar-refractivity contribution in [1.82, 2.24) is 15.5 Å². The van der Waals surface area contributed by atoms with E-state index in [0.29, 0.717) is 12.1 Å². The Labute approximate surface area is 100 Å². The van der Waals surface area contributed by atoms with E-state index in [1.54, 1.807) is 0 Å². The first kappa shape index (κ1) is 13.5. The topological polar surface area (TPSA) is 27.3 Å². The second kappa shape index (κ2) is 6.26. The molecule has 16 heavy (non-hydrogen) atoms. The Kier molecular flexibility index (Phi) is 5.29. The van der Waals surface area contributed by atoms with Gasteiger partial charge in [-0.3, -0.25) is 0 Å². The van der Waals surface area contributed by atoms with E-state index in [1.807, 2.05) is 7.05 Å². The highest BCUT2D eigenvalue weighted by molar-refractivity contribution is 5.06. The van der Waals surface area contributed by atoms with Crippen LogP contribution in [-0.4, -0.2) is 44.2 Å². The zero-order chi connectivity index (χ0) is 12.1. The number of nitrogens with zero attached hydrogens (tertiary/aromatic N) is 1. The largest absolute Gasteiger partial charge is 0.391 e. The van der Waals surface area contributed by atoms with Crippen molar-refractivity contribution in [3.8, 4) is 0 Å². The van der Waals surface area contributed by atoms with Crippen molar-refractivity contribution < 1.29 is 0 Å². The summed E-state index contributed by atoms with van der Waals surface area (Å²) in [7, 11) is 4.16. The minimum atomic E-state index is 0.461. The molecule has 1 heterocycles. The molecule has 2 atom stereocenters. The van der Waals surface area contributed by atoms with E-state index in [9.17, 15) is 0 Å². The summed E-state index contributed by atoms with van der Waals surface area (Å²) in [5.41, 5.74) is 1.12. The van der Waals surface area contributed by atoms with Crippen molar-refractivity contribution in [2.24, 2.45) is 5.92 Å². The number of nitrogens with one attached hydrogen (secondary N) is 2. The van der Waals surface area contributed by atoms with Crippen LogP contribution >= 0.6 is 0 Å². The van der Waals surface area contributed by atoms with Crippen LogP contribution in [0.4, 0.5) is 0 Å². The zero-order valence-electron chi connectivity index (χ0n) is 11.2. The molecule has 0 aliphatic carbocycles. The molecule has 1 aliphatic rings. The Morgan fingerprint density at radius 3 is 2.75 bits per heavy atom. The van der Waals surface area contributed by atoms with E-state index >= 15 is 0 Å². The van der Waals surface area contributed by atoms with Gasteiger partial charge in [0.05, 0.1) is 0 Å². The maximum absolute atomic E-state index is 4.03. The summed E-state index contributed by atoms with van der Waals surface area (Å²) in [5.74, 6) is 0.745. The van der Waals surface area contributed by atoms with Gasteiger partial charge in [-0.15, -0.1) is 0 Å². The van der Waals surface area contributed by atoms with E-state index in [4.69, 9.17) is 0 Å². The molecule has 0 aromatic heterocycles. The van der Waals surface area contributed by atoms with Crippen LogP contribution in [-0.2, 0) is 0 Å². The second-order valence-corrected chi connectivity index (χ2v) is 5.38. The van der Waals surface area contributed by atoms with Gasteiger partial charge in [0.25, 0.3) is 0 Å². The first-order valence-corrected chi connectivity index (χ1v) is 6.34. The van der Waals surface area contributed by atoms with Crippen molar-refractivity contribution in [1.29, 1.82) is 0 Å². The summed E-state index contributed by atoms with van der Waals surface area (Å²) in [4.78, 5) is 2.42.